The molecule has 0 spiro atoms. The first kappa shape index (κ1) is 18.6. The summed E-state index contributed by atoms with van der Waals surface area (Å²) in [5.74, 6) is -1.47. The standard InChI is InChI=1S/C18H18F2N2O3S/c1-13-5-6-14(21-12-15-16(19)3-2-4-17(15)20)11-18(13)26(23,24)22-7-9-25-10-8-22/h2-6,11-12H,7-10H2,1H3. The van der Waals surface area contributed by atoms with Crippen LogP contribution in [0.5, 0.6) is 0 Å². The number of hydrogen-bond acceptors (Lipinski definition) is 4. The Bertz CT molecular complexity index is 919. The number of rotatable bonds is 4. The Morgan fingerprint density at radius 3 is 2.42 bits per heavy atom. The summed E-state index contributed by atoms with van der Waals surface area (Å²) in [6.45, 7) is 2.97. The van der Waals surface area contributed by atoms with Gasteiger partial charge in [-0.1, -0.05) is 12.1 Å². The number of hydrogen-bond donors (Lipinski definition) is 0. The van der Waals surface area contributed by atoms with Crippen molar-refractivity contribution in [3.8, 4) is 0 Å². The summed E-state index contributed by atoms with van der Waals surface area (Å²) < 4.78 is 59.6. The Balaban J connectivity index is 1.94. The van der Waals surface area contributed by atoms with Crippen molar-refractivity contribution in [2.24, 2.45) is 4.99 Å². The third-order valence-electron chi connectivity index (χ3n) is 4.10. The lowest BCUT2D eigenvalue weighted by Gasteiger charge is -2.26. The molecule has 1 fully saturated rings. The molecule has 0 bridgehead atoms. The van der Waals surface area contributed by atoms with Gasteiger partial charge >= 0.3 is 0 Å². The fourth-order valence-electron chi connectivity index (χ4n) is 2.65. The molecule has 8 heteroatoms. The van der Waals surface area contributed by atoms with E-state index in [1.807, 2.05) is 0 Å². The van der Waals surface area contributed by atoms with E-state index in [1.165, 1.54) is 16.4 Å². The van der Waals surface area contributed by atoms with Crippen molar-refractivity contribution in [2.45, 2.75) is 11.8 Å². The molecule has 0 N–H and O–H groups in total. The first-order valence-corrected chi connectivity index (χ1v) is 9.50. The molecule has 2 aromatic rings. The van der Waals surface area contributed by atoms with E-state index >= 15 is 0 Å². The predicted molar refractivity (Wildman–Crippen MR) is 94.4 cm³/mol. The van der Waals surface area contributed by atoms with Crippen LogP contribution < -0.4 is 0 Å². The van der Waals surface area contributed by atoms with Crippen molar-refractivity contribution < 1.29 is 21.9 Å². The number of morpholine rings is 1. The van der Waals surface area contributed by atoms with E-state index in [0.717, 1.165) is 18.3 Å². The Labute approximate surface area is 151 Å². The summed E-state index contributed by atoms with van der Waals surface area (Å²) in [6.07, 6.45) is 1.06. The van der Waals surface area contributed by atoms with E-state index < -0.39 is 21.7 Å². The van der Waals surface area contributed by atoms with Crippen LogP contribution in [0.4, 0.5) is 14.5 Å². The highest BCUT2D eigenvalue weighted by molar-refractivity contribution is 7.89. The molecule has 1 aliphatic heterocycles. The number of aliphatic imine (C=N–C) groups is 1. The molecule has 1 aliphatic rings. The van der Waals surface area contributed by atoms with Crippen molar-refractivity contribution in [3.63, 3.8) is 0 Å². The molecule has 0 atom stereocenters. The van der Waals surface area contributed by atoms with Gasteiger partial charge in [0.2, 0.25) is 10.0 Å². The van der Waals surface area contributed by atoms with Gasteiger partial charge in [0.1, 0.15) is 11.6 Å². The van der Waals surface area contributed by atoms with Crippen LogP contribution >= 0.6 is 0 Å². The summed E-state index contributed by atoms with van der Waals surface area (Å²) in [5, 5.41) is 0. The van der Waals surface area contributed by atoms with Gasteiger partial charge in [0, 0.05) is 19.3 Å². The summed E-state index contributed by atoms with van der Waals surface area (Å²) in [5.41, 5.74) is 0.600. The molecule has 26 heavy (non-hydrogen) atoms. The fourth-order valence-corrected chi connectivity index (χ4v) is 4.30. The summed E-state index contributed by atoms with van der Waals surface area (Å²) >= 11 is 0. The van der Waals surface area contributed by atoms with Gasteiger partial charge in [-0.2, -0.15) is 4.31 Å². The number of ether oxygens (including phenoxy) is 1. The Hall–Kier alpha value is -2.16. The minimum atomic E-state index is -3.68. The van der Waals surface area contributed by atoms with Crippen molar-refractivity contribution in [1.29, 1.82) is 0 Å². The highest BCUT2D eigenvalue weighted by atomic mass is 32.2. The third kappa shape index (κ3) is 3.82. The van der Waals surface area contributed by atoms with Gasteiger partial charge in [-0.3, -0.25) is 4.99 Å². The second-order valence-electron chi connectivity index (χ2n) is 5.86. The molecule has 0 radical (unpaired) electrons. The monoisotopic (exact) mass is 380 g/mol. The molecule has 0 amide bonds. The molecule has 0 unspecified atom stereocenters. The van der Waals surface area contributed by atoms with E-state index in [0.29, 0.717) is 24.5 Å². The molecule has 0 aliphatic carbocycles. The molecule has 1 saturated heterocycles. The van der Waals surface area contributed by atoms with Gasteiger partial charge in [0.25, 0.3) is 0 Å². The Morgan fingerprint density at radius 1 is 1.12 bits per heavy atom. The van der Waals surface area contributed by atoms with Gasteiger partial charge in [0.05, 0.1) is 29.4 Å². The predicted octanol–water partition coefficient (Wildman–Crippen LogP) is 3.04. The average Bonchev–Trinajstić information content (AvgIpc) is 2.63. The second-order valence-corrected chi connectivity index (χ2v) is 7.77. The first-order valence-electron chi connectivity index (χ1n) is 8.06. The Morgan fingerprint density at radius 2 is 1.77 bits per heavy atom. The van der Waals surface area contributed by atoms with Crippen LogP contribution in [0.15, 0.2) is 46.3 Å². The zero-order valence-corrected chi connectivity index (χ0v) is 15.0. The summed E-state index contributed by atoms with van der Waals surface area (Å²) in [7, 11) is -3.68. The zero-order valence-electron chi connectivity index (χ0n) is 14.2. The van der Waals surface area contributed by atoms with Crippen LogP contribution in [-0.4, -0.2) is 45.2 Å². The number of benzene rings is 2. The minimum Gasteiger partial charge on any atom is -0.379 e. The number of sulfonamides is 1. The van der Waals surface area contributed by atoms with Gasteiger partial charge in [-0.05, 0) is 36.8 Å². The van der Waals surface area contributed by atoms with Crippen molar-refractivity contribution in [1.82, 2.24) is 4.31 Å². The second kappa shape index (κ2) is 7.61. The molecule has 3 rings (SSSR count). The maximum Gasteiger partial charge on any atom is 0.243 e. The lowest BCUT2D eigenvalue weighted by molar-refractivity contribution is 0.0730. The quantitative estimate of drug-likeness (QED) is 0.766. The maximum absolute atomic E-state index is 13.7. The fraction of sp³-hybridized carbons (Fsp3) is 0.278. The topological polar surface area (TPSA) is 59.0 Å². The van der Waals surface area contributed by atoms with Gasteiger partial charge in [0.15, 0.2) is 0 Å². The third-order valence-corrected chi connectivity index (χ3v) is 6.14. The number of halogens is 2. The highest BCUT2D eigenvalue weighted by Crippen LogP contribution is 2.26. The van der Waals surface area contributed by atoms with Crippen LogP contribution in [0, 0.1) is 18.6 Å². The summed E-state index contributed by atoms with van der Waals surface area (Å²) in [4.78, 5) is 4.17. The molecular weight excluding hydrogens is 362 g/mol. The lowest BCUT2D eigenvalue weighted by atomic mass is 10.2. The maximum atomic E-state index is 13.7. The largest absolute Gasteiger partial charge is 0.379 e. The van der Waals surface area contributed by atoms with E-state index in [-0.39, 0.29) is 23.5 Å². The molecule has 0 saturated carbocycles. The highest BCUT2D eigenvalue weighted by Gasteiger charge is 2.27. The molecule has 138 valence electrons. The summed E-state index contributed by atoms with van der Waals surface area (Å²) in [6, 6.07) is 8.17. The first-order chi connectivity index (χ1) is 12.4. The van der Waals surface area contributed by atoms with Gasteiger partial charge in [-0.25, -0.2) is 17.2 Å². The van der Waals surface area contributed by atoms with Gasteiger partial charge in [-0.15, -0.1) is 0 Å². The van der Waals surface area contributed by atoms with Gasteiger partial charge < -0.3 is 4.74 Å². The van der Waals surface area contributed by atoms with Crippen molar-refractivity contribution in [3.05, 3.63) is 59.2 Å². The number of nitrogens with zero attached hydrogens (tertiary/aromatic N) is 2. The van der Waals surface area contributed by atoms with Crippen LogP contribution in [-0.2, 0) is 14.8 Å². The molecule has 5 nitrogen and oxygen atoms in total. The molecule has 1 heterocycles. The molecular formula is C18H18F2N2O3S. The van der Waals surface area contributed by atoms with Crippen LogP contribution in [0.2, 0.25) is 0 Å². The lowest BCUT2D eigenvalue weighted by Crippen LogP contribution is -2.40. The molecule has 2 aromatic carbocycles. The van der Waals surface area contributed by atoms with Crippen molar-refractivity contribution in [2.75, 3.05) is 26.3 Å². The normalized spacial score (nSPS) is 16.3. The minimum absolute atomic E-state index is 0.128. The Kier molecular flexibility index (Phi) is 5.45. The number of aryl methyl sites for hydroxylation is 1. The zero-order chi connectivity index (χ0) is 18.7. The van der Waals surface area contributed by atoms with E-state index in [2.05, 4.69) is 4.99 Å². The van der Waals surface area contributed by atoms with E-state index in [1.54, 1.807) is 19.1 Å². The average molecular weight is 380 g/mol. The van der Waals surface area contributed by atoms with Crippen LogP contribution in [0.1, 0.15) is 11.1 Å². The van der Waals surface area contributed by atoms with E-state index in [4.69, 9.17) is 4.74 Å². The smallest absolute Gasteiger partial charge is 0.243 e. The van der Waals surface area contributed by atoms with Crippen LogP contribution in [0.3, 0.4) is 0 Å². The molecule has 0 aromatic heterocycles. The van der Waals surface area contributed by atoms with E-state index in [9.17, 15) is 17.2 Å². The van der Waals surface area contributed by atoms with Crippen LogP contribution in [0.25, 0.3) is 0 Å². The van der Waals surface area contributed by atoms with Crippen molar-refractivity contribution >= 4 is 21.9 Å². The SMILES string of the molecule is Cc1ccc(N=Cc2c(F)cccc2F)cc1S(=O)(=O)N1CCOCC1.